The van der Waals surface area contributed by atoms with Gasteiger partial charge < -0.3 is 9.80 Å². The van der Waals surface area contributed by atoms with E-state index in [2.05, 4.69) is 9.88 Å². The Balaban J connectivity index is 1.60. The van der Waals surface area contributed by atoms with Crippen LogP contribution in [-0.4, -0.2) is 69.4 Å². The summed E-state index contributed by atoms with van der Waals surface area (Å²) in [7, 11) is 0. The number of aromatic nitrogens is 2. The van der Waals surface area contributed by atoms with Gasteiger partial charge in [-0.3, -0.25) is 14.1 Å². The lowest BCUT2D eigenvalue weighted by Crippen LogP contribution is -2.52. The van der Waals surface area contributed by atoms with Crippen molar-refractivity contribution in [3.8, 4) is 0 Å². The summed E-state index contributed by atoms with van der Waals surface area (Å²) in [6.07, 6.45) is 1.75. The van der Waals surface area contributed by atoms with E-state index in [4.69, 9.17) is 0 Å². The van der Waals surface area contributed by atoms with Crippen LogP contribution in [0.15, 0.2) is 22.4 Å². The molecule has 1 aliphatic heterocycles. The lowest BCUT2D eigenvalue weighted by atomic mass is 10.3. The molecule has 0 aromatic carbocycles. The van der Waals surface area contributed by atoms with E-state index in [1.54, 1.807) is 16.7 Å². The van der Waals surface area contributed by atoms with E-state index >= 15 is 0 Å². The minimum atomic E-state index is -0.0356. The van der Waals surface area contributed by atoms with Gasteiger partial charge in [-0.1, -0.05) is 0 Å². The van der Waals surface area contributed by atoms with Gasteiger partial charge in [0.1, 0.15) is 0 Å². The summed E-state index contributed by atoms with van der Waals surface area (Å²) in [5.74, 6) is 0. The molecule has 2 amide bonds. The largest absolute Gasteiger partial charge is 0.325 e. The van der Waals surface area contributed by atoms with Gasteiger partial charge in [0.2, 0.25) is 0 Å². The average molecular weight is 349 g/mol. The van der Waals surface area contributed by atoms with Crippen molar-refractivity contribution in [3.05, 3.63) is 33.7 Å². The van der Waals surface area contributed by atoms with E-state index in [1.165, 1.54) is 11.3 Å². The van der Waals surface area contributed by atoms with Crippen LogP contribution >= 0.6 is 11.3 Å². The highest BCUT2D eigenvalue weighted by Gasteiger charge is 2.24. The zero-order chi connectivity index (χ0) is 17.1. The highest BCUT2D eigenvalue weighted by molar-refractivity contribution is 7.15. The molecule has 8 heteroatoms. The number of nitrogens with zero attached hydrogens (tertiary/aromatic N) is 5. The van der Waals surface area contributed by atoms with Crippen LogP contribution in [0.5, 0.6) is 0 Å². The number of hydrogen-bond donors (Lipinski definition) is 0. The molecule has 2 aromatic heterocycles. The fourth-order valence-corrected chi connectivity index (χ4v) is 3.73. The fourth-order valence-electron chi connectivity index (χ4n) is 2.99. The molecular formula is C16H23N5O2S. The van der Waals surface area contributed by atoms with Crippen LogP contribution in [0.25, 0.3) is 4.96 Å². The third kappa shape index (κ3) is 3.44. The van der Waals surface area contributed by atoms with E-state index in [0.717, 1.165) is 49.9 Å². The molecule has 0 N–H and O–H groups in total. The third-order valence-electron chi connectivity index (χ3n) is 4.42. The number of piperazine rings is 1. The van der Waals surface area contributed by atoms with Crippen molar-refractivity contribution in [3.63, 3.8) is 0 Å². The summed E-state index contributed by atoms with van der Waals surface area (Å²) in [6, 6.07) is 1.73. The normalized spacial score (nSPS) is 15.8. The molecule has 0 unspecified atom stereocenters. The van der Waals surface area contributed by atoms with Gasteiger partial charge >= 0.3 is 6.03 Å². The maximum absolute atomic E-state index is 12.4. The zero-order valence-electron chi connectivity index (χ0n) is 14.1. The summed E-state index contributed by atoms with van der Waals surface area (Å²) in [5.41, 5.74) is 0.762. The average Bonchev–Trinajstić information content (AvgIpc) is 3.05. The van der Waals surface area contributed by atoms with Gasteiger partial charge in [-0.15, -0.1) is 11.3 Å². The van der Waals surface area contributed by atoms with Crippen molar-refractivity contribution < 1.29 is 4.79 Å². The van der Waals surface area contributed by atoms with Gasteiger partial charge in [-0.2, -0.15) is 0 Å². The quantitative estimate of drug-likeness (QED) is 0.836. The molecule has 0 radical (unpaired) electrons. The van der Waals surface area contributed by atoms with Crippen LogP contribution in [0.3, 0.4) is 0 Å². The molecule has 0 spiro atoms. The molecule has 3 heterocycles. The van der Waals surface area contributed by atoms with Crippen molar-refractivity contribution in [1.29, 1.82) is 0 Å². The van der Waals surface area contributed by atoms with Gasteiger partial charge in [-0.25, -0.2) is 9.78 Å². The first-order chi connectivity index (χ1) is 11.6. The second-order valence-corrected chi connectivity index (χ2v) is 6.73. The molecule has 1 aliphatic rings. The first kappa shape index (κ1) is 16.9. The Kier molecular flexibility index (Phi) is 5.15. The number of carbonyl (C=O) groups is 1. The molecule has 3 rings (SSSR count). The van der Waals surface area contributed by atoms with Crippen LogP contribution in [-0.2, 0) is 6.54 Å². The molecule has 0 saturated carbocycles. The van der Waals surface area contributed by atoms with Crippen molar-refractivity contribution in [1.82, 2.24) is 24.1 Å². The van der Waals surface area contributed by atoms with Gasteiger partial charge in [0.15, 0.2) is 4.96 Å². The summed E-state index contributed by atoms with van der Waals surface area (Å²) in [6.45, 7) is 9.18. The van der Waals surface area contributed by atoms with Crippen molar-refractivity contribution in [2.45, 2.75) is 20.4 Å². The van der Waals surface area contributed by atoms with Gasteiger partial charge in [-0.05, 0) is 13.8 Å². The Morgan fingerprint density at radius 2 is 1.96 bits per heavy atom. The number of amides is 2. The van der Waals surface area contributed by atoms with Gasteiger partial charge in [0, 0.05) is 63.5 Å². The highest BCUT2D eigenvalue weighted by atomic mass is 32.1. The zero-order valence-corrected chi connectivity index (χ0v) is 15.0. The topological polar surface area (TPSA) is 61.2 Å². The van der Waals surface area contributed by atoms with Crippen LogP contribution in [0.2, 0.25) is 0 Å². The molecule has 0 aliphatic carbocycles. The van der Waals surface area contributed by atoms with Crippen molar-refractivity contribution >= 4 is 22.3 Å². The van der Waals surface area contributed by atoms with E-state index < -0.39 is 0 Å². The number of thiazole rings is 1. The third-order valence-corrected chi connectivity index (χ3v) is 5.18. The molecule has 2 aromatic rings. The second kappa shape index (κ2) is 7.31. The minimum absolute atomic E-state index is 0.0356. The number of urea groups is 1. The highest BCUT2D eigenvalue weighted by Crippen LogP contribution is 2.11. The summed E-state index contributed by atoms with van der Waals surface area (Å²) < 4.78 is 1.56. The van der Waals surface area contributed by atoms with Crippen molar-refractivity contribution in [2.24, 2.45) is 0 Å². The molecular weight excluding hydrogens is 326 g/mol. The van der Waals surface area contributed by atoms with Gasteiger partial charge in [0.05, 0.1) is 5.69 Å². The Hall–Kier alpha value is -1.93. The molecule has 1 saturated heterocycles. The minimum Gasteiger partial charge on any atom is -0.325 e. The van der Waals surface area contributed by atoms with Crippen LogP contribution in [0.1, 0.15) is 19.5 Å². The van der Waals surface area contributed by atoms with E-state index in [1.807, 2.05) is 29.0 Å². The predicted octanol–water partition coefficient (Wildman–Crippen LogP) is 1.34. The molecule has 0 atom stereocenters. The van der Waals surface area contributed by atoms with Crippen LogP contribution in [0, 0.1) is 0 Å². The summed E-state index contributed by atoms with van der Waals surface area (Å²) >= 11 is 1.47. The van der Waals surface area contributed by atoms with Gasteiger partial charge in [0.25, 0.3) is 5.56 Å². The Bertz CT molecular complexity index is 759. The predicted molar refractivity (Wildman–Crippen MR) is 94.5 cm³/mol. The van der Waals surface area contributed by atoms with E-state index in [9.17, 15) is 9.59 Å². The van der Waals surface area contributed by atoms with E-state index in [0.29, 0.717) is 6.54 Å². The standard InChI is InChI=1S/C16H23N5O2S/c1-3-19(4-2)16(23)20-7-5-18(6-8-20)12-13-11-14(22)21-9-10-24-15(21)17-13/h9-11H,3-8,12H2,1-2H3. The monoisotopic (exact) mass is 349 g/mol. The fraction of sp³-hybridized carbons (Fsp3) is 0.562. The number of fused-ring (bicyclic) bond motifs is 1. The Morgan fingerprint density at radius 3 is 2.62 bits per heavy atom. The lowest BCUT2D eigenvalue weighted by Gasteiger charge is -2.37. The smallest absolute Gasteiger partial charge is 0.320 e. The maximum Gasteiger partial charge on any atom is 0.320 e. The molecule has 24 heavy (non-hydrogen) atoms. The molecule has 1 fully saturated rings. The second-order valence-electron chi connectivity index (χ2n) is 5.86. The first-order valence-electron chi connectivity index (χ1n) is 8.34. The van der Waals surface area contributed by atoms with Crippen LogP contribution < -0.4 is 5.56 Å². The number of rotatable bonds is 4. The first-order valence-corrected chi connectivity index (χ1v) is 9.22. The SMILES string of the molecule is CCN(CC)C(=O)N1CCN(Cc2cc(=O)n3ccsc3n2)CC1. The summed E-state index contributed by atoms with van der Waals surface area (Å²) in [5, 5.41) is 1.87. The molecule has 130 valence electrons. The number of carbonyl (C=O) groups excluding carboxylic acids is 1. The Morgan fingerprint density at radius 1 is 1.25 bits per heavy atom. The Labute approximate surface area is 145 Å². The van der Waals surface area contributed by atoms with E-state index in [-0.39, 0.29) is 11.6 Å². The number of hydrogen-bond acceptors (Lipinski definition) is 5. The lowest BCUT2D eigenvalue weighted by molar-refractivity contribution is 0.112. The molecule has 0 bridgehead atoms. The van der Waals surface area contributed by atoms with Crippen LogP contribution in [0.4, 0.5) is 4.79 Å². The van der Waals surface area contributed by atoms with Crippen molar-refractivity contribution in [2.75, 3.05) is 39.3 Å². The molecule has 7 nitrogen and oxygen atoms in total. The summed E-state index contributed by atoms with van der Waals surface area (Å²) in [4.78, 5) is 35.7. The maximum atomic E-state index is 12.4.